The van der Waals surface area contributed by atoms with Crippen molar-refractivity contribution in [2.24, 2.45) is 5.92 Å². The first kappa shape index (κ1) is 22.9. The smallest absolute Gasteiger partial charge is 0.410 e. The first-order chi connectivity index (χ1) is 14.7. The number of hydrogen-bond donors (Lipinski definition) is 1. The summed E-state index contributed by atoms with van der Waals surface area (Å²) in [6.07, 6.45) is 4.79. The van der Waals surface area contributed by atoms with Crippen LogP contribution in [0.4, 0.5) is 4.79 Å². The Balaban J connectivity index is 1.44. The average Bonchev–Trinajstić information content (AvgIpc) is 3.21. The molecule has 0 saturated carbocycles. The second kappa shape index (κ2) is 10.0. The van der Waals surface area contributed by atoms with Crippen LogP contribution in [0.25, 0.3) is 11.1 Å². The SMILES string of the molecule is COc1ccc(-c2cnc(CC(=S)NCC3CCN(C(=O)OC(C)(C)C)C3)nc2)cc1. The fourth-order valence-corrected chi connectivity index (χ4v) is 3.55. The third-order valence-electron chi connectivity index (χ3n) is 4.97. The number of nitrogens with zero attached hydrogens (tertiary/aromatic N) is 3. The molecule has 7 nitrogen and oxygen atoms in total. The lowest BCUT2D eigenvalue weighted by molar-refractivity contribution is 0.0288. The van der Waals surface area contributed by atoms with E-state index >= 15 is 0 Å². The molecule has 1 aliphatic heterocycles. The van der Waals surface area contributed by atoms with Gasteiger partial charge in [-0.1, -0.05) is 24.4 Å². The molecule has 166 valence electrons. The van der Waals surface area contributed by atoms with Crippen LogP contribution in [0.3, 0.4) is 0 Å². The summed E-state index contributed by atoms with van der Waals surface area (Å²) < 4.78 is 10.6. The van der Waals surface area contributed by atoms with Crippen LogP contribution in [0.15, 0.2) is 36.7 Å². The number of nitrogens with one attached hydrogen (secondary N) is 1. The van der Waals surface area contributed by atoms with E-state index in [1.807, 2.05) is 57.4 Å². The highest BCUT2D eigenvalue weighted by molar-refractivity contribution is 7.80. The summed E-state index contributed by atoms with van der Waals surface area (Å²) in [4.78, 5) is 23.5. The summed E-state index contributed by atoms with van der Waals surface area (Å²) >= 11 is 5.47. The molecule has 1 aliphatic rings. The van der Waals surface area contributed by atoms with Gasteiger partial charge in [0.1, 0.15) is 17.2 Å². The summed E-state index contributed by atoms with van der Waals surface area (Å²) in [6.45, 7) is 7.75. The van der Waals surface area contributed by atoms with Crippen molar-refractivity contribution in [3.63, 3.8) is 0 Å². The molecule has 1 aromatic carbocycles. The van der Waals surface area contributed by atoms with E-state index in [0.717, 1.165) is 29.8 Å². The van der Waals surface area contributed by atoms with Crippen LogP contribution in [0.2, 0.25) is 0 Å². The minimum Gasteiger partial charge on any atom is -0.497 e. The number of aromatic nitrogens is 2. The molecule has 0 radical (unpaired) electrons. The topological polar surface area (TPSA) is 76.6 Å². The van der Waals surface area contributed by atoms with Crippen LogP contribution >= 0.6 is 12.2 Å². The quantitative estimate of drug-likeness (QED) is 0.681. The second-order valence-corrected chi connectivity index (χ2v) is 9.17. The maximum Gasteiger partial charge on any atom is 0.410 e. The Morgan fingerprint density at radius 1 is 1.19 bits per heavy atom. The predicted molar refractivity (Wildman–Crippen MR) is 124 cm³/mol. The normalized spacial score (nSPS) is 16.1. The Hall–Kier alpha value is -2.74. The number of hydrogen-bond acceptors (Lipinski definition) is 6. The van der Waals surface area contributed by atoms with Crippen molar-refractivity contribution in [2.75, 3.05) is 26.7 Å². The maximum atomic E-state index is 12.2. The van der Waals surface area contributed by atoms with Crippen molar-refractivity contribution in [3.8, 4) is 16.9 Å². The van der Waals surface area contributed by atoms with E-state index < -0.39 is 5.60 Å². The first-order valence-corrected chi connectivity index (χ1v) is 10.8. The minimum absolute atomic E-state index is 0.247. The first-order valence-electron chi connectivity index (χ1n) is 10.4. The van der Waals surface area contributed by atoms with Gasteiger partial charge >= 0.3 is 6.09 Å². The Kier molecular flexibility index (Phi) is 7.43. The summed E-state index contributed by atoms with van der Waals surface area (Å²) in [5.74, 6) is 1.84. The number of amides is 1. The summed E-state index contributed by atoms with van der Waals surface area (Å²) in [6, 6.07) is 7.78. The number of benzene rings is 1. The highest BCUT2D eigenvalue weighted by Gasteiger charge is 2.29. The minimum atomic E-state index is -0.474. The van der Waals surface area contributed by atoms with Gasteiger partial charge in [-0.05, 0) is 50.8 Å². The van der Waals surface area contributed by atoms with Crippen molar-refractivity contribution < 1.29 is 14.3 Å². The van der Waals surface area contributed by atoms with Gasteiger partial charge in [0.05, 0.1) is 18.5 Å². The summed E-state index contributed by atoms with van der Waals surface area (Å²) in [5, 5.41) is 3.30. The van der Waals surface area contributed by atoms with Gasteiger partial charge in [0.15, 0.2) is 0 Å². The average molecular weight is 443 g/mol. The van der Waals surface area contributed by atoms with E-state index in [9.17, 15) is 4.79 Å². The Labute approximate surface area is 189 Å². The van der Waals surface area contributed by atoms with Gasteiger partial charge in [-0.3, -0.25) is 0 Å². The third-order valence-corrected chi connectivity index (χ3v) is 5.26. The highest BCUT2D eigenvalue weighted by atomic mass is 32.1. The number of ether oxygens (including phenoxy) is 2. The molecule has 1 atom stereocenters. The molecule has 0 bridgehead atoms. The second-order valence-electron chi connectivity index (χ2n) is 8.68. The van der Waals surface area contributed by atoms with Crippen LogP contribution < -0.4 is 10.1 Å². The molecule has 1 fully saturated rings. The van der Waals surface area contributed by atoms with E-state index in [2.05, 4.69) is 15.3 Å². The summed E-state index contributed by atoms with van der Waals surface area (Å²) in [7, 11) is 1.65. The fourth-order valence-electron chi connectivity index (χ4n) is 3.33. The lowest BCUT2D eigenvalue weighted by Crippen LogP contribution is -2.36. The lowest BCUT2D eigenvalue weighted by Gasteiger charge is -2.24. The molecule has 2 heterocycles. The van der Waals surface area contributed by atoms with Gasteiger partial charge in [-0.15, -0.1) is 0 Å². The molecular weight excluding hydrogens is 412 g/mol. The Morgan fingerprint density at radius 3 is 2.48 bits per heavy atom. The molecular formula is C23H30N4O3S. The van der Waals surface area contributed by atoms with E-state index in [0.29, 0.717) is 36.2 Å². The number of carbonyl (C=O) groups is 1. The number of thiocarbonyl (C=S) groups is 1. The van der Waals surface area contributed by atoms with Crippen molar-refractivity contribution >= 4 is 23.3 Å². The molecule has 31 heavy (non-hydrogen) atoms. The molecule has 1 amide bonds. The van der Waals surface area contributed by atoms with Crippen molar-refractivity contribution in [1.29, 1.82) is 0 Å². The number of likely N-dealkylation sites (tertiary alicyclic amines) is 1. The van der Waals surface area contributed by atoms with Gasteiger partial charge in [-0.25, -0.2) is 14.8 Å². The van der Waals surface area contributed by atoms with Crippen molar-refractivity contribution in [2.45, 2.75) is 39.2 Å². The van der Waals surface area contributed by atoms with Crippen molar-refractivity contribution in [1.82, 2.24) is 20.2 Å². The van der Waals surface area contributed by atoms with Crippen molar-refractivity contribution in [3.05, 3.63) is 42.5 Å². The van der Waals surface area contributed by atoms with Crippen LogP contribution in [0.1, 0.15) is 33.0 Å². The number of carbonyl (C=O) groups excluding carboxylic acids is 1. The largest absolute Gasteiger partial charge is 0.497 e. The molecule has 1 N–H and O–H groups in total. The van der Waals surface area contributed by atoms with Gasteiger partial charge in [0, 0.05) is 37.6 Å². The van der Waals surface area contributed by atoms with Crippen LogP contribution in [0, 0.1) is 5.92 Å². The molecule has 2 aromatic rings. The maximum absolute atomic E-state index is 12.2. The van der Waals surface area contributed by atoms with E-state index in [1.54, 1.807) is 12.0 Å². The van der Waals surface area contributed by atoms with Gasteiger partial charge < -0.3 is 19.7 Å². The standard InChI is InChI=1S/C23H30N4O3S/c1-23(2,3)30-22(28)27-10-9-16(15-27)12-26-21(31)11-20-24-13-18(14-25-20)17-5-7-19(29-4)8-6-17/h5-8,13-14,16H,9-12,15H2,1-4H3,(H,26,31). The van der Waals surface area contributed by atoms with E-state index in [-0.39, 0.29) is 6.09 Å². The monoisotopic (exact) mass is 442 g/mol. The van der Waals surface area contributed by atoms with Gasteiger partial charge in [-0.2, -0.15) is 0 Å². The molecule has 1 unspecified atom stereocenters. The molecule has 8 heteroatoms. The fraction of sp³-hybridized carbons (Fsp3) is 0.478. The molecule has 3 rings (SSSR count). The highest BCUT2D eigenvalue weighted by Crippen LogP contribution is 2.21. The zero-order valence-corrected chi connectivity index (χ0v) is 19.4. The van der Waals surface area contributed by atoms with Gasteiger partial charge in [0.2, 0.25) is 0 Å². The zero-order valence-electron chi connectivity index (χ0n) is 18.6. The molecule has 0 spiro atoms. The summed E-state index contributed by atoms with van der Waals surface area (Å²) in [5.41, 5.74) is 1.50. The predicted octanol–water partition coefficient (Wildman–Crippen LogP) is 3.87. The van der Waals surface area contributed by atoms with Crippen LogP contribution in [0.5, 0.6) is 5.75 Å². The Bertz CT molecular complexity index is 895. The molecule has 0 aliphatic carbocycles. The zero-order chi connectivity index (χ0) is 22.4. The number of rotatable bonds is 6. The molecule has 1 saturated heterocycles. The van der Waals surface area contributed by atoms with E-state index in [1.165, 1.54) is 0 Å². The molecule has 1 aromatic heterocycles. The van der Waals surface area contributed by atoms with Crippen LogP contribution in [-0.4, -0.2) is 58.3 Å². The third kappa shape index (κ3) is 6.89. The van der Waals surface area contributed by atoms with Gasteiger partial charge in [0.25, 0.3) is 0 Å². The Morgan fingerprint density at radius 2 is 1.87 bits per heavy atom. The van der Waals surface area contributed by atoms with Crippen LogP contribution in [-0.2, 0) is 11.2 Å². The lowest BCUT2D eigenvalue weighted by atomic mass is 10.1. The van der Waals surface area contributed by atoms with E-state index in [4.69, 9.17) is 21.7 Å². The number of methoxy groups -OCH3 is 1.